The first-order valence-corrected chi connectivity index (χ1v) is 5.13. The van der Waals surface area contributed by atoms with Crippen molar-refractivity contribution in [2.75, 3.05) is 12.8 Å². The van der Waals surface area contributed by atoms with Gasteiger partial charge in [0.1, 0.15) is 12.8 Å². The molecular weight excluding hydrogens is 305 g/mol. The fourth-order valence-electron chi connectivity index (χ4n) is 0.671. The van der Waals surface area contributed by atoms with Crippen LogP contribution in [-0.4, -0.2) is 21.6 Å². The number of rotatable bonds is 3. The van der Waals surface area contributed by atoms with E-state index in [-0.39, 0.29) is 9.50 Å². The summed E-state index contributed by atoms with van der Waals surface area (Å²) in [5.41, 5.74) is 6.04. The topological polar surface area (TPSA) is 77.6 Å². The van der Waals surface area contributed by atoms with Gasteiger partial charge in [0, 0.05) is 28.0 Å². The minimum atomic E-state index is -0.232. The number of aromatic nitrogens is 1. The zero-order valence-corrected chi connectivity index (χ0v) is 9.63. The van der Waals surface area contributed by atoms with Crippen molar-refractivity contribution in [3.63, 3.8) is 0 Å². The SMILES string of the molecule is CON=C(C(=O)I)c1csc(N)n1. The molecule has 0 radical (unpaired) electrons. The highest BCUT2D eigenvalue weighted by Crippen LogP contribution is 2.13. The van der Waals surface area contributed by atoms with Crippen LogP contribution in [0.1, 0.15) is 5.69 Å². The van der Waals surface area contributed by atoms with Crippen LogP contribution in [0.3, 0.4) is 0 Å². The van der Waals surface area contributed by atoms with E-state index in [2.05, 4.69) is 15.0 Å². The first-order chi connectivity index (χ1) is 6.15. The van der Waals surface area contributed by atoms with Gasteiger partial charge in [0.15, 0.2) is 10.8 Å². The zero-order chi connectivity index (χ0) is 9.84. The summed E-state index contributed by atoms with van der Waals surface area (Å²) < 4.78 is -0.232. The van der Waals surface area contributed by atoms with Crippen molar-refractivity contribution in [3.05, 3.63) is 11.1 Å². The number of nitrogens with zero attached hydrogens (tertiary/aromatic N) is 2. The first kappa shape index (κ1) is 10.4. The molecule has 7 heteroatoms. The fraction of sp³-hybridized carbons (Fsp3) is 0.167. The first-order valence-electron chi connectivity index (χ1n) is 3.17. The van der Waals surface area contributed by atoms with E-state index in [1.165, 1.54) is 18.4 Å². The molecule has 0 aromatic carbocycles. The van der Waals surface area contributed by atoms with E-state index in [0.29, 0.717) is 10.8 Å². The molecule has 0 aliphatic heterocycles. The number of thiazole rings is 1. The molecular formula is C6H6IN3O2S. The summed E-state index contributed by atoms with van der Waals surface area (Å²) in [4.78, 5) is 19.5. The number of halogens is 1. The van der Waals surface area contributed by atoms with Gasteiger partial charge in [-0.2, -0.15) is 0 Å². The summed E-state index contributed by atoms with van der Waals surface area (Å²) in [7, 11) is 1.37. The highest BCUT2D eigenvalue weighted by molar-refractivity contribution is 14.1. The molecule has 1 aromatic rings. The summed E-state index contributed by atoms with van der Waals surface area (Å²) in [5, 5.41) is 5.61. The minimum absolute atomic E-state index is 0.177. The molecule has 0 saturated heterocycles. The Morgan fingerprint density at radius 3 is 2.92 bits per heavy atom. The summed E-state index contributed by atoms with van der Waals surface area (Å²) in [5.74, 6) is 0. The van der Waals surface area contributed by atoms with E-state index in [9.17, 15) is 4.79 Å². The second kappa shape index (κ2) is 4.51. The van der Waals surface area contributed by atoms with Gasteiger partial charge < -0.3 is 10.6 Å². The van der Waals surface area contributed by atoms with Gasteiger partial charge in [-0.25, -0.2) is 4.98 Å². The van der Waals surface area contributed by atoms with E-state index in [1.54, 1.807) is 28.0 Å². The standard InChI is InChI=1S/C6H6IN3O2S/c1-12-10-4(5(7)11)3-2-13-6(8)9-3/h2H,1H3,(H2,8,9). The van der Waals surface area contributed by atoms with Crippen LogP contribution in [0.5, 0.6) is 0 Å². The van der Waals surface area contributed by atoms with Gasteiger partial charge in [-0.05, 0) is 0 Å². The van der Waals surface area contributed by atoms with Gasteiger partial charge in [-0.1, -0.05) is 5.16 Å². The second-order valence-corrected chi connectivity index (χ2v) is 3.84. The Morgan fingerprint density at radius 2 is 2.54 bits per heavy atom. The molecule has 70 valence electrons. The number of oxime groups is 1. The molecule has 1 rings (SSSR count). The summed E-state index contributed by atoms with van der Waals surface area (Å²) in [6, 6.07) is 0. The number of hydrogen-bond donors (Lipinski definition) is 1. The number of nitrogens with two attached hydrogens (primary N) is 1. The van der Waals surface area contributed by atoms with Crippen molar-refractivity contribution in [2.24, 2.45) is 5.16 Å². The molecule has 0 saturated carbocycles. The minimum Gasteiger partial charge on any atom is -0.398 e. The van der Waals surface area contributed by atoms with Crippen molar-refractivity contribution in [1.82, 2.24) is 4.98 Å². The van der Waals surface area contributed by atoms with Gasteiger partial charge in [0.05, 0.1) is 0 Å². The third-order valence-corrected chi connectivity index (χ3v) is 2.32. The molecule has 1 aromatic heterocycles. The Morgan fingerprint density at radius 1 is 1.85 bits per heavy atom. The third-order valence-electron chi connectivity index (χ3n) is 1.13. The van der Waals surface area contributed by atoms with Gasteiger partial charge in [-0.3, -0.25) is 4.79 Å². The molecule has 0 fully saturated rings. The molecule has 0 spiro atoms. The normalized spacial score (nSPS) is 11.4. The highest BCUT2D eigenvalue weighted by atomic mass is 127. The maximum Gasteiger partial charge on any atom is 0.246 e. The number of carbonyl (C=O) groups is 1. The maximum atomic E-state index is 11.0. The quantitative estimate of drug-likeness (QED) is 0.391. The summed E-state index contributed by atoms with van der Waals surface area (Å²) >= 11 is 2.87. The van der Waals surface area contributed by atoms with Crippen molar-refractivity contribution >= 4 is 48.6 Å². The van der Waals surface area contributed by atoms with Crippen molar-refractivity contribution in [3.8, 4) is 0 Å². The highest BCUT2D eigenvalue weighted by Gasteiger charge is 2.14. The average Bonchev–Trinajstić information content (AvgIpc) is 2.46. The van der Waals surface area contributed by atoms with Crippen molar-refractivity contribution in [1.29, 1.82) is 0 Å². The van der Waals surface area contributed by atoms with Crippen molar-refractivity contribution < 1.29 is 9.63 Å². The predicted molar refractivity (Wildman–Crippen MR) is 59.1 cm³/mol. The Bertz CT molecular complexity index is 349. The molecule has 2 N–H and O–H groups in total. The monoisotopic (exact) mass is 311 g/mol. The lowest BCUT2D eigenvalue weighted by Gasteiger charge is -1.94. The molecule has 0 amide bonds. The second-order valence-electron chi connectivity index (χ2n) is 1.97. The van der Waals surface area contributed by atoms with Crippen LogP contribution in [-0.2, 0) is 9.63 Å². The predicted octanol–water partition coefficient (Wildman–Crippen LogP) is 1.04. The maximum absolute atomic E-state index is 11.0. The zero-order valence-electron chi connectivity index (χ0n) is 6.65. The Kier molecular flexibility index (Phi) is 3.60. The summed E-state index contributed by atoms with van der Waals surface area (Å²) in [6.07, 6.45) is 0. The lowest BCUT2D eigenvalue weighted by Crippen LogP contribution is -2.09. The molecule has 5 nitrogen and oxygen atoms in total. The largest absolute Gasteiger partial charge is 0.398 e. The van der Waals surface area contributed by atoms with Crippen LogP contribution >= 0.6 is 33.9 Å². The van der Waals surface area contributed by atoms with E-state index in [4.69, 9.17) is 5.73 Å². The molecule has 13 heavy (non-hydrogen) atoms. The fourth-order valence-corrected chi connectivity index (χ4v) is 1.59. The molecule has 0 bridgehead atoms. The van der Waals surface area contributed by atoms with Gasteiger partial charge in [0.2, 0.25) is 3.79 Å². The Hall–Kier alpha value is -0.700. The molecule has 0 unspecified atom stereocenters. The van der Waals surface area contributed by atoms with Gasteiger partial charge >= 0.3 is 0 Å². The Labute approximate surface area is 92.1 Å². The van der Waals surface area contributed by atoms with E-state index in [1.807, 2.05) is 0 Å². The molecule has 0 atom stereocenters. The van der Waals surface area contributed by atoms with Crippen LogP contribution < -0.4 is 5.73 Å². The number of carbonyl (C=O) groups excluding carboxylic acids is 1. The lowest BCUT2D eigenvalue weighted by atomic mass is 10.3. The van der Waals surface area contributed by atoms with E-state index in [0.717, 1.165) is 0 Å². The van der Waals surface area contributed by atoms with E-state index < -0.39 is 0 Å². The third kappa shape index (κ3) is 2.62. The van der Waals surface area contributed by atoms with E-state index >= 15 is 0 Å². The average molecular weight is 311 g/mol. The number of nitrogen functional groups attached to an aromatic ring is 1. The number of hydrogen-bond acceptors (Lipinski definition) is 6. The van der Waals surface area contributed by atoms with Crippen LogP contribution in [0.15, 0.2) is 10.5 Å². The number of anilines is 1. The smallest absolute Gasteiger partial charge is 0.246 e. The molecule has 1 heterocycles. The van der Waals surface area contributed by atoms with Crippen LogP contribution in [0.25, 0.3) is 0 Å². The lowest BCUT2D eigenvalue weighted by molar-refractivity contribution is -0.104. The van der Waals surface area contributed by atoms with Crippen LogP contribution in [0, 0.1) is 0 Å². The van der Waals surface area contributed by atoms with Crippen LogP contribution in [0.4, 0.5) is 5.13 Å². The van der Waals surface area contributed by atoms with Gasteiger partial charge in [0.25, 0.3) is 0 Å². The Balaban J connectivity index is 3.02. The van der Waals surface area contributed by atoms with Crippen molar-refractivity contribution in [2.45, 2.75) is 0 Å². The van der Waals surface area contributed by atoms with Crippen LogP contribution in [0.2, 0.25) is 0 Å². The summed E-state index contributed by atoms with van der Waals surface area (Å²) in [6.45, 7) is 0. The molecule has 0 aliphatic carbocycles. The molecule has 0 aliphatic rings. The van der Waals surface area contributed by atoms with Gasteiger partial charge in [-0.15, -0.1) is 11.3 Å².